The Morgan fingerprint density at radius 2 is 2.27 bits per heavy atom. The molecule has 0 amide bonds. The smallest absolute Gasteiger partial charge is 0.0213 e. The summed E-state index contributed by atoms with van der Waals surface area (Å²) in [7, 11) is 0. The largest absolute Gasteiger partial charge is 0.271 e. The quantitative estimate of drug-likeness (QED) is 0.470. The third-order valence-electron chi connectivity index (χ3n) is 2.72. The van der Waals surface area contributed by atoms with Gasteiger partial charge in [0.2, 0.25) is 0 Å². The van der Waals surface area contributed by atoms with Crippen LogP contribution >= 0.6 is 0 Å². The van der Waals surface area contributed by atoms with E-state index in [1.807, 2.05) is 0 Å². The average Bonchev–Trinajstić information content (AvgIpc) is 1.94. The van der Waals surface area contributed by atoms with Crippen molar-refractivity contribution in [1.82, 2.24) is 5.43 Å². The molecule has 1 saturated carbocycles. The van der Waals surface area contributed by atoms with Crippen molar-refractivity contribution < 1.29 is 0 Å². The Balaban J connectivity index is 2.08. The third-order valence-corrected chi connectivity index (χ3v) is 2.72. The van der Waals surface area contributed by atoms with E-state index in [1.54, 1.807) is 0 Å². The van der Waals surface area contributed by atoms with Crippen molar-refractivity contribution in [3.05, 3.63) is 0 Å². The number of nitrogens with one attached hydrogen (secondary N) is 1. The molecule has 0 heterocycles. The van der Waals surface area contributed by atoms with E-state index in [9.17, 15) is 0 Å². The van der Waals surface area contributed by atoms with Crippen LogP contribution in [0, 0.1) is 5.92 Å². The first-order valence-electron chi connectivity index (χ1n) is 4.83. The molecule has 1 aliphatic rings. The molecule has 1 aliphatic carbocycles. The predicted octanol–water partition coefficient (Wildman–Crippen LogP) is 1.81. The fourth-order valence-electron chi connectivity index (χ4n) is 1.75. The molecular formula is C9H20N2. The van der Waals surface area contributed by atoms with Crippen LogP contribution in [-0.2, 0) is 0 Å². The molecule has 0 bridgehead atoms. The van der Waals surface area contributed by atoms with Gasteiger partial charge in [0.25, 0.3) is 0 Å². The zero-order valence-corrected chi connectivity index (χ0v) is 7.47. The molecule has 0 aromatic carbocycles. The van der Waals surface area contributed by atoms with Crippen molar-refractivity contribution in [3.8, 4) is 0 Å². The van der Waals surface area contributed by atoms with Crippen LogP contribution in [0.3, 0.4) is 0 Å². The third kappa shape index (κ3) is 2.80. The fourth-order valence-corrected chi connectivity index (χ4v) is 1.75. The van der Waals surface area contributed by atoms with Crippen molar-refractivity contribution >= 4 is 0 Å². The van der Waals surface area contributed by atoms with E-state index in [0.29, 0.717) is 6.04 Å². The lowest BCUT2D eigenvalue weighted by molar-refractivity contribution is 0.254. The van der Waals surface area contributed by atoms with Crippen molar-refractivity contribution in [2.45, 2.75) is 51.5 Å². The number of hydrogen-bond acceptors (Lipinski definition) is 2. The molecule has 3 N–H and O–H groups in total. The van der Waals surface area contributed by atoms with Crippen LogP contribution in [0.1, 0.15) is 45.4 Å². The first-order chi connectivity index (χ1) is 5.36. The lowest BCUT2D eigenvalue weighted by Crippen LogP contribution is -2.37. The molecule has 0 saturated heterocycles. The molecule has 0 aliphatic heterocycles. The van der Waals surface area contributed by atoms with Crippen molar-refractivity contribution in [2.75, 3.05) is 0 Å². The summed E-state index contributed by atoms with van der Waals surface area (Å²) in [5, 5.41) is 0. The average molecular weight is 156 g/mol. The zero-order chi connectivity index (χ0) is 8.10. The van der Waals surface area contributed by atoms with Crippen molar-refractivity contribution in [2.24, 2.45) is 11.8 Å². The summed E-state index contributed by atoms with van der Waals surface area (Å²) >= 11 is 0. The van der Waals surface area contributed by atoms with Gasteiger partial charge in [-0.2, -0.15) is 0 Å². The summed E-state index contributed by atoms with van der Waals surface area (Å²) in [5.74, 6) is 6.41. The highest BCUT2D eigenvalue weighted by atomic mass is 15.2. The summed E-state index contributed by atoms with van der Waals surface area (Å²) in [5.41, 5.74) is 2.90. The van der Waals surface area contributed by atoms with Crippen LogP contribution < -0.4 is 11.3 Å². The highest BCUT2D eigenvalue weighted by Gasteiger charge is 2.20. The van der Waals surface area contributed by atoms with Gasteiger partial charge in [0.1, 0.15) is 0 Å². The molecule has 11 heavy (non-hydrogen) atoms. The standard InChI is InChI=1S/C9H20N2/c1-2-4-9(11-10)7-8-5-3-6-8/h8-9,11H,2-7,10H2,1H3. The molecule has 1 atom stereocenters. The highest BCUT2D eigenvalue weighted by Crippen LogP contribution is 2.30. The number of nitrogens with two attached hydrogens (primary N) is 1. The second-order valence-electron chi connectivity index (χ2n) is 3.68. The Labute approximate surface area is 69.5 Å². The van der Waals surface area contributed by atoms with Crippen molar-refractivity contribution in [1.29, 1.82) is 0 Å². The lowest BCUT2D eigenvalue weighted by atomic mass is 9.80. The predicted molar refractivity (Wildman–Crippen MR) is 48.0 cm³/mol. The van der Waals surface area contributed by atoms with Gasteiger partial charge in [-0.3, -0.25) is 11.3 Å². The van der Waals surface area contributed by atoms with Gasteiger partial charge in [-0.1, -0.05) is 32.6 Å². The molecule has 1 fully saturated rings. The van der Waals surface area contributed by atoms with Crippen LogP contribution in [-0.4, -0.2) is 6.04 Å². The van der Waals surface area contributed by atoms with Gasteiger partial charge in [-0.25, -0.2) is 0 Å². The van der Waals surface area contributed by atoms with Gasteiger partial charge >= 0.3 is 0 Å². The molecule has 2 nitrogen and oxygen atoms in total. The van der Waals surface area contributed by atoms with E-state index in [4.69, 9.17) is 5.84 Å². The van der Waals surface area contributed by atoms with Crippen LogP contribution in [0.25, 0.3) is 0 Å². The van der Waals surface area contributed by atoms with E-state index in [-0.39, 0.29) is 0 Å². The van der Waals surface area contributed by atoms with Crippen LogP contribution in [0.2, 0.25) is 0 Å². The maximum Gasteiger partial charge on any atom is 0.0213 e. The minimum Gasteiger partial charge on any atom is -0.271 e. The highest BCUT2D eigenvalue weighted by molar-refractivity contribution is 4.75. The summed E-state index contributed by atoms with van der Waals surface area (Å²) in [6, 6.07) is 0.574. The summed E-state index contributed by atoms with van der Waals surface area (Å²) in [6.07, 6.45) is 8.07. The van der Waals surface area contributed by atoms with Gasteiger partial charge < -0.3 is 0 Å². The molecule has 2 heteroatoms. The van der Waals surface area contributed by atoms with Gasteiger partial charge in [-0.05, 0) is 18.8 Å². The van der Waals surface area contributed by atoms with E-state index < -0.39 is 0 Å². The molecule has 66 valence electrons. The Morgan fingerprint density at radius 3 is 2.64 bits per heavy atom. The topological polar surface area (TPSA) is 38.0 Å². The Morgan fingerprint density at radius 1 is 1.55 bits per heavy atom. The normalized spacial score (nSPS) is 21.3. The SMILES string of the molecule is CCCC(CC1CCC1)NN. The lowest BCUT2D eigenvalue weighted by Gasteiger charge is -2.29. The van der Waals surface area contributed by atoms with Gasteiger partial charge in [0, 0.05) is 6.04 Å². The summed E-state index contributed by atoms with van der Waals surface area (Å²) in [4.78, 5) is 0. The molecular weight excluding hydrogens is 136 g/mol. The maximum absolute atomic E-state index is 5.44. The molecule has 1 rings (SSSR count). The van der Waals surface area contributed by atoms with Gasteiger partial charge in [0.05, 0.1) is 0 Å². The Kier molecular flexibility index (Phi) is 3.87. The van der Waals surface area contributed by atoms with E-state index in [2.05, 4.69) is 12.3 Å². The minimum absolute atomic E-state index is 0.574. The van der Waals surface area contributed by atoms with E-state index in [1.165, 1.54) is 38.5 Å². The summed E-state index contributed by atoms with van der Waals surface area (Å²) in [6.45, 7) is 2.21. The second kappa shape index (κ2) is 4.73. The van der Waals surface area contributed by atoms with E-state index >= 15 is 0 Å². The van der Waals surface area contributed by atoms with E-state index in [0.717, 1.165) is 5.92 Å². The van der Waals surface area contributed by atoms with Crippen LogP contribution in [0.15, 0.2) is 0 Å². The summed E-state index contributed by atoms with van der Waals surface area (Å²) < 4.78 is 0. The van der Waals surface area contributed by atoms with Crippen molar-refractivity contribution in [3.63, 3.8) is 0 Å². The zero-order valence-electron chi connectivity index (χ0n) is 7.47. The molecule has 0 aromatic rings. The fraction of sp³-hybridized carbons (Fsp3) is 1.00. The first-order valence-corrected chi connectivity index (χ1v) is 4.83. The second-order valence-corrected chi connectivity index (χ2v) is 3.68. The van der Waals surface area contributed by atoms with Gasteiger partial charge in [0.15, 0.2) is 0 Å². The monoisotopic (exact) mass is 156 g/mol. The molecule has 0 aromatic heterocycles. The molecule has 0 spiro atoms. The minimum atomic E-state index is 0.574. The van der Waals surface area contributed by atoms with Gasteiger partial charge in [-0.15, -0.1) is 0 Å². The first kappa shape index (κ1) is 9.01. The Bertz CT molecular complexity index is 99.7. The van der Waals surface area contributed by atoms with Crippen LogP contribution in [0.4, 0.5) is 0 Å². The number of rotatable bonds is 5. The number of hydrazine groups is 1. The maximum atomic E-state index is 5.44. The molecule has 1 unspecified atom stereocenters. The Hall–Kier alpha value is -0.0800. The molecule has 0 radical (unpaired) electrons. The van der Waals surface area contributed by atoms with Crippen LogP contribution in [0.5, 0.6) is 0 Å². The number of hydrogen-bond donors (Lipinski definition) is 2.